The number of carbonyl (C=O) groups excluding carboxylic acids is 3. The minimum absolute atomic E-state index is 0.144. The first-order valence-electron chi connectivity index (χ1n) is 10.9. The van der Waals surface area contributed by atoms with Gasteiger partial charge in [-0.3, -0.25) is 14.5 Å². The summed E-state index contributed by atoms with van der Waals surface area (Å²) in [6, 6.07) is 2.79. The number of nitrogens with zero attached hydrogens (tertiary/aromatic N) is 6. The number of carboxylic acids is 1. The lowest BCUT2D eigenvalue weighted by Crippen LogP contribution is -2.71. The second kappa shape index (κ2) is 10.0. The highest BCUT2D eigenvalue weighted by atomic mass is 32.2. The third-order valence-electron chi connectivity index (χ3n) is 5.74. The maximum Gasteiger partial charge on any atom is 0.276 e. The topological polar surface area (TPSA) is 172 Å². The van der Waals surface area contributed by atoms with Crippen LogP contribution < -0.4 is 20.7 Å². The Balaban J connectivity index is 1.32. The summed E-state index contributed by atoms with van der Waals surface area (Å²) in [6.07, 6.45) is 8.79. The Bertz CT molecular complexity index is 1420. The van der Waals surface area contributed by atoms with Crippen molar-refractivity contribution in [2.45, 2.75) is 18.0 Å². The van der Waals surface area contributed by atoms with Crippen LogP contribution >= 0.6 is 23.1 Å². The van der Waals surface area contributed by atoms with Gasteiger partial charge in [0.25, 0.3) is 11.8 Å². The van der Waals surface area contributed by atoms with E-state index >= 15 is 0 Å². The highest BCUT2D eigenvalue weighted by molar-refractivity contribution is 8.00. The lowest BCUT2D eigenvalue weighted by atomic mass is 10.0. The van der Waals surface area contributed by atoms with E-state index in [1.165, 1.54) is 18.9 Å². The standard InChI is InChI=1S/C22H20N8O5S2/c1-35-27-15(14-10-37-22(23)25-14)18(31)26-16-19(32)30-17(21(33)34)12(9-36-20(16)30)8-28-5-2-13(3-6-28)29-7-4-24-11-29/h2-7,10-11,16,20H,8-9H2,1H3,(H3-,23,25,26,31,33,34)/t16-,20+/m1/s1. The molecule has 2 atom stereocenters. The van der Waals surface area contributed by atoms with E-state index in [9.17, 15) is 19.5 Å². The number of carbonyl (C=O) groups is 3. The first-order chi connectivity index (χ1) is 17.9. The van der Waals surface area contributed by atoms with E-state index in [0.717, 1.165) is 21.9 Å². The van der Waals surface area contributed by atoms with Crippen molar-refractivity contribution >= 4 is 51.7 Å². The van der Waals surface area contributed by atoms with Gasteiger partial charge in [0.1, 0.15) is 24.2 Å². The van der Waals surface area contributed by atoms with Gasteiger partial charge in [-0.05, 0) is 0 Å². The number of thiazole rings is 1. The van der Waals surface area contributed by atoms with Gasteiger partial charge >= 0.3 is 0 Å². The maximum atomic E-state index is 13.0. The van der Waals surface area contributed by atoms with Crippen molar-refractivity contribution in [2.24, 2.45) is 5.16 Å². The number of thioether (sulfide) groups is 1. The number of fused-ring (bicyclic) bond motifs is 1. The molecule has 190 valence electrons. The Kier molecular flexibility index (Phi) is 6.62. The first-order valence-corrected chi connectivity index (χ1v) is 12.8. The molecule has 5 rings (SSSR count). The van der Waals surface area contributed by atoms with Crippen LogP contribution in [0.4, 0.5) is 5.13 Å². The van der Waals surface area contributed by atoms with Crippen LogP contribution in [0.3, 0.4) is 0 Å². The number of hydrogen-bond acceptors (Lipinski definition) is 11. The molecule has 0 radical (unpaired) electrons. The van der Waals surface area contributed by atoms with Crippen LogP contribution in [0, 0.1) is 0 Å². The van der Waals surface area contributed by atoms with Gasteiger partial charge in [-0.2, -0.15) is 0 Å². The zero-order chi connectivity index (χ0) is 26.1. The van der Waals surface area contributed by atoms with Gasteiger partial charge in [0.05, 0.1) is 23.7 Å². The number of nitrogens with one attached hydrogen (secondary N) is 1. The summed E-state index contributed by atoms with van der Waals surface area (Å²) in [7, 11) is 1.28. The molecule has 2 aliphatic rings. The largest absolute Gasteiger partial charge is 0.543 e. The van der Waals surface area contributed by atoms with Crippen molar-refractivity contribution in [2.75, 3.05) is 18.6 Å². The van der Waals surface area contributed by atoms with Crippen molar-refractivity contribution in [1.82, 2.24) is 24.8 Å². The molecular formula is C22H20N8O5S2. The summed E-state index contributed by atoms with van der Waals surface area (Å²) in [4.78, 5) is 51.9. The van der Waals surface area contributed by atoms with E-state index in [1.54, 1.807) is 17.9 Å². The molecule has 5 heterocycles. The molecule has 15 heteroatoms. The van der Waals surface area contributed by atoms with Crippen molar-refractivity contribution in [3.63, 3.8) is 0 Å². The molecule has 2 amide bonds. The van der Waals surface area contributed by atoms with Crippen LogP contribution in [0.15, 0.2) is 65.1 Å². The van der Waals surface area contributed by atoms with E-state index in [-0.39, 0.29) is 28.8 Å². The normalized spacial score (nSPS) is 19.3. The van der Waals surface area contributed by atoms with Crippen LogP contribution in [0.1, 0.15) is 5.69 Å². The molecule has 1 saturated heterocycles. The predicted octanol–water partition coefficient (Wildman–Crippen LogP) is -1.35. The number of aromatic nitrogens is 4. The zero-order valence-corrected chi connectivity index (χ0v) is 20.9. The summed E-state index contributed by atoms with van der Waals surface area (Å²) in [5.41, 5.74) is 6.95. The molecule has 0 aromatic carbocycles. The van der Waals surface area contributed by atoms with Gasteiger partial charge in [0.2, 0.25) is 0 Å². The molecule has 0 spiro atoms. The zero-order valence-electron chi connectivity index (χ0n) is 19.3. The van der Waals surface area contributed by atoms with Gasteiger partial charge in [0, 0.05) is 41.2 Å². The number of carboxylic acid groups (broad SMARTS) is 1. The molecule has 3 aromatic rings. The van der Waals surface area contributed by atoms with Gasteiger partial charge in [-0.15, -0.1) is 23.1 Å². The van der Waals surface area contributed by atoms with E-state index in [2.05, 4.69) is 20.4 Å². The third-order valence-corrected chi connectivity index (χ3v) is 7.75. The quantitative estimate of drug-likeness (QED) is 0.152. The number of anilines is 1. The Labute approximate surface area is 218 Å². The molecule has 0 bridgehead atoms. The highest BCUT2D eigenvalue weighted by Gasteiger charge is 2.53. The minimum Gasteiger partial charge on any atom is -0.543 e. The predicted molar refractivity (Wildman–Crippen MR) is 131 cm³/mol. The average molecular weight is 541 g/mol. The summed E-state index contributed by atoms with van der Waals surface area (Å²) in [6.45, 7) is 0.254. The summed E-state index contributed by atoms with van der Waals surface area (Å²) in [5.74, 6) is -2.36. The Morgan fingerprint density at radius 2 is 2.16 bits per heavy atom. The van der Waals surface area contributed by atoms with Crippen LogP contribution in [-0.2, 0) is 25.8 Å². The van der Waals surface area contributed by atoms with Crippen LogP contribution in [-0.4, -0.2) is 67.2 Å². The van der Waals surface area contributed by atoms with Crippen molar-refractivity contribution < 1.29 is 28.9 Å². The van der Waals surface area contributed by atoms with Crippen LogP contribution in [0.2, 0.25) is 0 Å². The highest BCUT2D eigenvalue weighted by Crippen LogP contribution is 2.40. The van der Waals surface area contributed by atoms with E-state index in [0.29, 0.717) is 11.3 Å². The first kappa shape index (κ1) is 24.5. The molecular weight excluding hydrogens is 520 g/mol. The fraction of sp³-hybridized carbons (Fsp3) is 0.227. The lowest BCUT2D eigenvalue weighted by Gasteiger charge is -2.50. The van der Waals surface area contributed by atoms with Gasteiger partial charge in [-0.25, -0.2) is 14.5 Å². The van der Waals surface area contributed by atoms with E-state index < -0.39 is 29.2 Å². The second-order valence-corrected chi connectivity index (χ2v) is 9.99. The number of pyridine rings is 1. The number of imidazole rings is 1. The summed E-state index contributed by atoms with van der Waals surface area (Å²) in [5, 5.41) is 19.6. The van der Waals surface area contributed by atoms with Crippen molar-refractivity contribution in [3.05, 3.63) is 65.6 Å². The third kappa shape index (κ3) is 4.65. The summed E-state index contributed by atoms with van der Waals surface area (Å²) >= 11 is 2.48. The minimum atomic E-state index is -1.45. The number of β-lactam (4-membered cyclic amide) rings is 1. The molecule has 37 heavy (non-hydrogen) atoms. The smallest absolute Gasteiger partial charge is 0.276 e. The monoisotopic (exact) mass is 540 g/mol. The molecule has 0 unspecified atom stereocenters. The molecule has 2 aliphatic heterocycles. The Morgan fingerprint density at radius 1 is 1.38 bits per heavy atom. The number of rotatable bonds is 8. The fourth-order valence-corrected chi connectivity index (χ4v) is 5.94. The SMILES string of the molecule is CON=C(C(=O)N[C@@H]1C(=O)N2C(C(=O)[O-])=C(C[n+]3ccc(-n4ccnc4)cc3)CS[C@@H]12)c1csc(N)n1. The number of nitrogens with two attached hydrogens (primary N) is 1. The van der Waals surface area contributed by atoms with E-state index in [1.807, 2.05) is 39.9 Å². The van der Waals surface area contributed by atoms with Crippen LogP contribution in [0.25, 0.3) is 5.69 Å². The van der Waals surface area contributed by atoms with E-state index in [4.69, 9.17) is 10.6 Å². The molecule has 3 N–H and O–H groups in total. The second-order valence-electron chi connectivity index (χ2n) is 7.99. The number of oxime groups is 1. The molecule has 13 nitrogen and oxygen atoms in total. The number of aliphatic carboxylic acids is 1. The number of amides is 2. The van der Waals surface area contributed by atoms with Crippen molar-refractivity contribution in [3.8, 4) is 5.69 Å². The Hall–Kier alpha value is -4.24. The fourth-order valence-electron chi connectivity index (χ4n) is 4.05. The van der Waals surface area contributed by atoms with Gasteiger partial charge in [0.15, 0.2) is 29.8 Å². The van der Waals surface area contributed by atoms with Gasteiger partial charge < -0.3 is 30.4 Å². The average Bonchev–Trinajstić information content (AvgIpc) is 3.58. The molecule has 1 fully saturated rings. The summed E-state index contributed by atoms with van der Waals surface area (Å²) < 4.78 is 3.66. The number of nitrogen functional groups attached to an aromatic ring is 1. The molecule has 3 aromatic heterocycles. The molecule has 0 saturated carbocycles. The van der Waals surface area contributed by atoms with Gasteiger partial charge in [-0.1, -0.05) is 5.16 Å². The Morgan fingerprint density at radius 3 is 2.78 bits per heavy atom. The maximum absolute atomic E-state index is 13.0. The number of hydrogen-bond donors (Lipinski definition) is 2. The van der Waals surface area contributed by atoms with Crippen LogP contribution in [0.5, 0.6) is 0 Å². The van der Waals surface area contributed by atoms with Crippen molar-refractivity contribution in [1.29, 1.82) is 0 Å². The lowest BCUT2D eigenvalue weighted by molar-refractivity contribution is -0.689. The molecule has 0 aliphatic carbocycles.